The number of nitrogens with zero attached hydrogens (tertiary/aromatic N) is 1. The lowest BCUT2D eigenvalue weighted by Crippen LogP contribution is -2.21. The van der Waals surface area contributed by atoms with Crippen molar-refractivity contribution in [2.24, 2.45) is 16.5 Å². The Balaban J connectivity index is 2.32. The van der Waals surface area contributed by atoms with Gasteiger partial charge in [0.15, 0.2) is 5.96 Å². The second kappa shape index (κ2) is 4.70. The number of aliphatic imine (C=N–C) groups is 1. The summed E-state index contributed by atoms with van der Waals surface area (Å²) in [5.41, 5.74) is 15.0. The summed E-state index contributed by atoms with van der Waals surface area (Å²) in [5.74, 6) is 0.0771. The quantitative estimate of drug-likeness (QED) is 0.609. The summed E-state index contributed by atoms with van der Waals surface area (Å²) >= 11 is 0. The number of nitrogens with two attached hydrogens (primary N) is 2. The Bertz CT molecular complexity index is 538. The van der Waals surface area contributed by atoms with E-state index in [2.05, 4.69) is 36.2 Å². The summed E-state index contributed by atoms with van der Waals surface area (Å²) < 4.78 is 0. The number of hydrogen-bond donors (Lipinski definition) is 2. The van der Waals surface area contributed by atoms with Gasteiger partial charge in [-0.15, -0.1) is 0 Å². The zero-order valence-electron chi connectivity index (χ0n) is 9.72. The first-order valence-corrected chi connectivity index (χ1v) is 5.42. The summed E-state index contributed by atoms with van der Waals surface area (Å²) in [7, 11) is 0. The SMILES string of the molecule is Cc1cccc(-c2ccc(N=C(N)N)cc2)c1. The molecule has 0 heterocycles. The highest BCUT2D eigenvalue weighted by Gasteiger charge is 1.98. The molecule has 0 atom stereocenters. The van der Waals surface area contributed by atoms with Crippen LogP contribution in [0.1, 0.15) is 5.56 Å². The van der Waals surface area contributed by atoms with E-state index in [4.69, 9.17) is 11.5 Å². The van der Waals surface area contributed by atoms with E-state index in [1.54, 1.807) is 0 Å². The molecule has 0 saturated heterocycles. The van der Waals surface area contributed by atoms with E-state index < -0.39 is 0 Å². The van der Waals surface area contributed by atoms with Crippen LogP contribution >= 0.6 is 0 Å². The highest BCUT2D eigenvalue weighted by molar-refractivity contribution is 5.79. The molecule has 0 saturated carbocycles. The van der Waals surface area contributed by atoms with Crippen LogP contribution < -0.4 is 11.5 Å². The van der Waals surface area contributed by atoms with Gasteiger partial charge >= 0.3 is 0 Å². The molecule has 0 amide bonds. The molecule has 4 N–H and O–H groups in total. The fourth-order valence-corrected chi connectivity index (χ4v) is 1.70. The standard InChI is InChI=1S/C14H15N3/c1-10-3-2-4-12(9-10)11-5-7-13(8-6-11)17-14(15)16/h2-9H,1H3,(H4,15,16,17). The lowest BCUT2D eigenvalue weighted by Gasteiger charge is -2.03. The van der Waals surface area contributed by atoms with Crippen LogP contribution in [0.2, 0.25) is 0 Å². The zero-order chi connectivity index (χ0) is 12.3. The van der Waals surface area contributed by atoms with Crippen molar-refractivity contribution in [3.63, 3.8) is 0 Å². The Labute approximate surface area is 101 Å². The summed E-state index contributed by atoms with van der Waals surface area (Å²) in [6.07, 6.45) is 0. The van der Waals surface area contributed by atoms with E-state index in [9.17, 15) is 0 Å². The predicted molar refractivity (Wildman–Crippen MR) is 72.1 cm³/mol. The molecule has 0 spiro atoms. The van der Waals surface area contributed by atoms with Crippen molar-refractivity contribution in [3.8, 4) is 11.1 Å². The van der Waals surface area contributed by atoms with Gasteiger partial charge in [-0.05, 0) is 30.2 Å². The van der Waals surface area contributed by atoms with Crippen molar-refractivity contribution in [3.05, 3.63) is 54.1 Å². The van der Waals surface area contributed by atoms with Crippen LogP contribution in [-0.4, -0.2) is 5.96 Å². The van der Waals surface area contributed by atoms with Gasteiger partial charge in [-0.25, -0.2) is 4.99 Å². The van der Waals surface area contributed by atoms with Gasteiger partial charge in [-0.1, -0.05) is 42.0 Å². The highest BCUT2D eigenvalue weighted by atomic mass is 15.0. The predicted octanol–water partition coefficient (Wildman–Crippen LogP) is 2.57. The molecule has 2 rings (SSSR count). The largest absolute Gasteiger partial charge is 0.370 e. The van der Waals surface area contributed by atoms with Crippen molar-refractivity contribution in [1.29, 1.82) is 0 Å². The smallest absolute Gasteiger partial charge is 0.191 e. The second-order valence-corrected chi connectivity index (χ2v) is 3.95. The van der Waals surface area contributed by atoms with E-state index >= 15 is 0 Å². The third-order valence-corrected chi connectivity index (χ3v) is 2.48. The van der Waals surface area contributed by atoms with Crippen molar-refractivity contribution >= 4 is 11.6 Å². The minimum Gasteiger partial charge on any atom is -0.370 e. The molecule has 0 radical (unpaired) electrons. The van der Waals surface area contributed by atoms with Gasteiger partial charge in [0.25, 0.3) is 0 Å². The third kappa shape index (κ3) is 2.84. The van der Waals surface area contributed by atoms with Crippen molar-refractivity contribution in [2.75, 3.05) is 0 Å². The van der Waals surface area contributed by atoms with Crippen molar-refractivity contribution in [2.45, 2.75) is 6.92 Å². The maximum absolute atomic E-state index is 5.32. The topological polar surface area (TPSA) is 64.4 Å². The fourth-order valence-electron chi connectivity index (χ4n) is 1.70. The van der Waals surface area contributed by atoms with Crippen LogP contribution in [0.15, 0.2) is 53.5 Å². The Morgan fingerprint density at radius 1 is 0.941 bits per heavy atom. The van der Waals surface area contributed by atoms with E-state index in [-0.39, 0.29) is 5.96 Å². The molecule has 2 aromatic carbocycles. The number of guanidine groups is 1. The van der Waals surface area contributed by atoms with Crippen molar-refractivity contribution in [1.82, 2.24) is 0 Å². The summed E-state index contributed by atoms with van der Waals surface area (Å²) in [4.78, 5) is 3.98. The van der Waals surface area contributed by atoms with E-state index in [0.29, 0.717) is 0 Å². The molecule has 0 aliphatic rings. The maximum Gasteiger partial charge on any atom is 0.191 e. The second-order valence-electron chi connectivity index (χ2n) is 3.95. The Hall–Kier alpha value is -2.29. The molecule has 17 heavy (non-hydrogen) atoms. The molecular weight excluding hydrogens is 210 g/mol. The van der Waals surface area contributed by atoms with E-state index in [1.807, 2.05) is 24.3 Å². The average Bonchev–Trinajstić information content (AvgIpc) is 2.29. The van der Waals surface area contributed by atoms with E-state index in [0.717, 1.165) is 11.3 Å². The van der Waals surface area contributed by atoms with Crippen LogP contribution in [0.3, 0.4) is 0 Å². The first-order chi connectivity index (χ1) is 8.15. The lowest BCUT2D eigenvalue weighted by molar-refractivity contribution is 1.42. The first-order valence-electron chi connectivity index (χ1n) is 5.42. The van der Waals surface area contributed by atoms with Crippen molar-refractivity contribution < 1.29 is 0 Å². The Kier molecular flexibility index (Phi) is 3.10. The molecule has 3 heteroatoms. The van der Waals surface area contributed by atoms with Gasteiger partial charge in [0.1, 0.15) is 0 Å². The average molecular weight is 225 g/mol. The van der Waals surface area contributed by atoms with Crippen LogP contribution in [0, 0.1) is 6.92 Å². The summed E-state index contributed by atoms with van der Waals surface area (Å²) in [5, 5.41) is 0. The van der Waals surface area contributed by atoms with Crippen LogP contribution in [0.25, 0.3) is 11.1 Å². The number of rotatable bonds is 2. The monoisotopic (exact) mass is 225 g/mol. The molecule has 0 aromatic heterocycles. The fraction of sp³-hybridized carbons (Fsp3) is 0.0714. The van der Waals surface area contributed by atoms with Gasteiger partial charge < -0.3 is 11.5 Å². The first kappa shape index (κ1) is 11.2. The zero-order valence-corrected chi connectivity index (χ0v) is 9.72. The number of benzene rings is 2. The molecule has 3 nitrogen and oxygen atoms in total. The molecule has 86 valence electrons. The minimum atomic E-state index is 0.0771. The summed E-state index contributed by atoms with van der Waals surface area (Å²) in [6, 6.07) is 16.2. The Morgan fingerprint density at radius 2 is 1.65 bits per heavy atom. The van der Waals surface area contributed by atoms with Crippen LogP contribution in [0.4, 0.5) is 5.69 Å². The molecule has 0 bridgehead atoms. The van der Waals surface area contributed by atoms with Crippen LogP contribution in [0.5, 0.6) is 0 Å². The minimum absolute atomic E-state index is 0.0771. The highest BCUT2D eigenvalue weighted by Crippen LogP contribution is 2.23. The number of hydrogen-bond acceptors (Lipinski definition) is 1. The van der Waals surface area contributed by atoms with Gasteiger partial charge in [0, 0.05) is 0 Å². The molecule has 0 fully saturated rings. The normalized spacial score (nSPS) is 9.94. The molecule has 2 aromatic rings. The number of aryl methyl sites for hydroxylation is 1. The van der Waals surface area contributed by atoms with E-state index in [1.165, 1.54) is 11.1 Å². The molecule has 0 aliphatic heterocycles. The van der Waals surface area contributed by atoms with Gasteiger partial charge in [0.2, 0.25) is 0 Å². The van der Waals surface area contributed by atoms with Crippen LogP contribution in [-0.2, 0) is 0 Å². The Morgan fingerprint density at radius 3 is 2.24 bits per heavy atom. The molecular formula is C14H15N3. The third-order valence-electron chi connectivity index (χ3n) is 2.48. The van der Waals surface area contributed by atoms with Gasteiger partial charge in [-0.2, -0.15) is 0 Å². The summed E-state index contributed by atoms with van der Waals surface area (Å²) in [6.45, 7) is 2.08. The lowest BCUT2D eigenvalue weighted by atomic mass is 10.0. The van der Waals surface area contributed by atoms with Gasteiger partial charge in [-0.3, -0.25) is 0 Å². The van der Waals surface area contributed by atoms with Gasteiger partial charge in [0.05, 0.1) is 5.69 Å². The molecule has 0 unspecified atom stereocenters. The molecule has 0 aliphatic carbocycles. The maximum atomic E-state index is 5.32.